The Morgan fingerprint density at radius 2 is 2.33 bits per heavy atom. The normalized spacial score (nSPS) is 13.3. The summed E-state index contributed by atoms with van der Waals surface area (Å²) < 4.78 is 0.914. The van der Waals surface area contributed by atoms with Crippen LogP contribution in [0.4, 0.5) is 0 Å². The van der Waals surface area contributed by atoms with Crippen LogP contribution in [0.3, 0.4) is 0 Å². The smallest absolute Gasteiger partial charge is 0.0950 e. The van der Waals surface area contributed by atoms with Gasteiger partial charge in [-0.3, -0.25) is 4.98 Å². The Bertz CT molecular complexity index is 469. The van der Waals surface area contributed by atoms with Crippen molar-refractivity contribution in [2.75, 3.05) is 6.54 Å². The Balaban J connectivity index is 2.38. The van der Waals surface area contributed by atoms with E-state index in [1.807, 2.05) is 12.1 Å². The highest BCUT2D eigenvalue weighted by molar-refractivity contribution is 9.10. The third-order valence-corrected chi connectivity index (χ3v) is 2.69. The molecule has 2 rings (SSSR count). The maximum absolute atomic E-state index is 9.74. The molecule has 4 nitrogen and oxygen atoms in total. The lowest BCUT2D eigenvalue weighted by molar-refractivity contribution is 0.166. The second-order valence-corrected chi connectivity index (χ2v) is 4.32. The molecular weight excluding hydrogens is 258 g/mol. The molecule has 0 aliphatic rings. The number of hydrogen-bond acceptors (Lipinski definition) is 3. The van der Waals surface area contributed by atoms with Gasteiger partial charge >= 0.3 is 0 Å². The summed E-state index contributed by atoms with van der Waals surface area (Å²) in [4.78, 5) is 7.35. The fourth-order valence-electron chi connectivity index (χ4n) is 1.50. The first-order valence-electron chi connectivity index (χ1n) is 4.73. The predicted octanol–water partition coefficient (Wildman–Crippen LogP) is 1.71. The summed E-state index contributed by atoms with van der Waals surface area (Å²) in [5, 5.41) is 9.74. The standard InChI is InChI=1S/C10H12BrN3O/c11-6-3-8-7(13-5-6)4-9(14-8)10(15)1-2-12/h3-5,10,14-15H,1-2,12H2. The van der Waals surface area contributed by atoms with Crippen molar-refractivity contribution in [2.24, 2.45) is 5.73 Å². The van der Waals surface area contributed by atoms with Crippen molar-refractivity contribution in [1.82, 2.24) is 9.97 Å². The fraction of sp³-hybridized carbons (Fsp3) is 0.300. The zero-order valence-electron chi connectivity index (χ0n) is 8.07. The molecule has 0 fully saturated rings. The molecule has 2 aromatic rings. The maximum atomic E-state index is 9.74. The van der Waals surface area contributed by atoms with E-state index in [9.17, 15) is 5.11 Å². The van der Waals surface area contributed by atoms with E-state index in [2.05, 4.69) is 25.9 Å². The molecule has 0 saturated carbocycles. The molecule has 0 radical (unpaired) electrons. The van der Waals surface area contributed by atoms with E-state index in [1.54, 1.807) is 6.20 Å². The van der Waals surface area contributed by atoms with Crippen LogP contribution in [0.15, 0.2) is 22.8 Å². The monoisotopic (exact) mass is 269 g/mol. The van der Waals surface area contributed by atoms with Crippen molar-refractivity contribution in [3.05, 3.63) is 28.5 Å². The van der Waals surface area contributed by atoms with E-state index >= 15 is 0 Å². The van der Waals surface area contributed by atoms with Crippen LogP contribution < -0.4 is 5.73 Å². The van der Waals surface area contributed by atoms with Gasteiger partial charge in [-0.1, -0.05) is 0 Å². The highest BCUT2D eigenvalue weighted by atomic mass is 79.9. The number of H-pyrrole nitrogens is 1. The Morgan fingerprint density at radius 1 is 1.53 bits per heavy atom. The number of halogens is 1. The van der Waals surface area contributed by atoms with Crippen LogP contribution in [0, 0.1) is 0 Å². The zero-order valence-corrected chi connectivity index (χ0v) is 9.66. The number of nitrogens with two attached hydrogens (primary N) is 1. The number of aliphatic hydroxyl groups excluding tert-OH is 1. The molecule has 1 unspecified atom stereocenters. The SMILES string of the molecule is NCCC(O)c1cc2ncc(Br)cc2[nH]1. The van der Waals surface area contributed by atoms with Crippen LogP contribution >= 0.6 is 15.9 Å². The molecule has 0 spiro atoms. The molecule has 0 aliphatic heterocycles. The van der Waals surface area contributed by atoms with Gasteiger partial charge < -0.3 is 15.8 Å². The highest BCUT2D eigenvalue weighted by Gasteiger charge is 2.10. The Labute approximate surface area is 95.6 Å². The van der Waals surface area contributed by atoms with E-state index in [-0.39, 0.29) is 0 Å². The average molecular weight is 270 g/mol. The summed E-state index contributed by atoms with van der Waals surface area (Å²) in [6.07, 6.45) is 1.74. The first-order chi connectivity index (χ1) is 7.20. The number of hydrogen-bond donors (Lipinski definition) is 3. The molecule has 0 bridgehead atoms. The number of nitrogens with one attached hydrogen (secondary N) is 1. The number of aromatic nitrogens is 2. The van der Waals surface area contributed by atoms with Crippen molar-refractivity contribution in [3.8, 4) is 0 Å². The lowest BCUT2D eigenvalue weighted by Crippen LogP contribution is -2.06. The third-order valence-electron chi connectivity index (χ3n) is 2.26. The van der Waals surface area contributed by atoms with Gasteiger partial charge in [-0.2, -0.15) is 0 Å². The first kappa shape index (κ1) is 10.6. The minimum absolute atomic E-state index is 0.466. The number of nitrogens with zero attached hydrogens (tertiary/aromatic N) is 1. The summed E-state index contributed by atoms with van der Waals surface area (Å²) in [7, 11) is 0. The molecule has 0 aliphatic carbocycles. The largest absolute Gasteiger partial charge is 0.387 e. The molecule has 2 heterocycles. The van der Waals surface area contributed by atoms with Crippen LogP contribution in [0.1, 0.15) is 18.2 Å². The van der Waals surface area contributed by atoms with Crippen molar-refractivity contribution < 1.29 is 5.11 Å². The van der Waals surface area contributed by atoms with Gasteiger partial charge in [0.25, 0.3) is 0 Å². The number of rotatable bonds is 3. The van der Waals surface area contributed by atoms with Crippen molar-refractivity contribution in [3.63, 3.8) is 0 Å². The second-order valence-electron chi connectivity index (χ2n) is 3.40. The number of aromatic amines is 1. The first-order valence-corrected chi connectivity index (χ1v) is 5.52. The second kappa shape index (κ2) is 4.30. The number of fused-ring (bicyclic) bond motifs is 1. The lowest BCUT2D eigenvalue weighted by atomic mass is 10.2. The minimum atomic E-state index is -0.539. The molecule has 15 heavy (non-hydrogen) atoms. The van der Waals surface area contributed by atoms with Crippen LogP contribution in [0.5, 0.6) is 0 Å². The van der Waals surface area contributed by atoms with E-state index in [0.717, 1.165) is 21.2 Å². The van der Waals surface area contributed by atoms with E-state index < -0.39 is 6.10 Å². The molecule has 5 heteroatoms. The molecule has 0 aromatic carbocycles. The molecule has 2 aromatic heterocycles. The molecule has 4 N–H and O–H groups in total. The molecular formula is C10H12BrN3O. The van der Waals surface area contributed by atoms with Gasteiger partial charge in [0.2, 0.25) is 0 Å². The summed E-state index contributed by atoms with van der Waals surface area (Å²) >= 11 is 3.34. The summed E-state index contributed by atoms with van der Waals surface area (Å²) in [6, 6.07) is 3.78. The Kier molecular flexibility index (Phi) is 3.04. The zero-order chi connectivity index (χ0) is 10.8. The lowest BCUT2D eigenvalue weighted by Gasteiger charge is -2.05. The number of pyridine rings is 1. The predicted molar refractivity (Wildman–Crippen MR) is 62.4 cm³/mol. The van der Waals surface area contributed by atoms with Gasteiger partial charge in [-0.05, 0) is 41.0 Å². The van der Waals surface area contributed by atoms with E-state index in [4.69, 9.17) is 5.73 Å². The quantitative estimate of drug-likeness (QED) is 0.794. The Morgan fingerprint density at radius 3 is 3.07 bits per heavy atom. The van der Waals surface area contributed by atoms with Crippen molar-refractivity contribution >= 4 is 27.0 Å². The van der Waals surface area contributed by atoms with Gasteiger partial charge in [-0.25, -0.2) is 0 Å². The van der Waals surface area contributed by atoms with Crippen molar-refractivity contribution in [2.45, 2.75) is 12.5 Å². The average Bonchev–Trinajstić information content (AvgIpc) is 2.60. The summed E-state index contributed by atoms with van der Waals surface area (Å²) in [6.45, 7) is 0.466. The van der Waals surface area contributed by atoms with Crippen LogP contribution in [0.2, 0.25) is 0 Å². The molecule has 1 atom stereocenters. The third kappa shape index (κ3) is 2.19. The van der Waals surface area contributed by atoms with E-state index in [0.29, 0.717) is 13.0 Å². The van der Waals surface area contributed by atoms with Crippen molar-refractivity contribution in [1.29, 1.82) is 0 Å². The van der Waals surface area contributed by atoms with Crippen LogP contribution in [-0.4, -0.2) is 21.6 Å². The van der Waals surface area contributed by atoms with Crippen LogP contribution in [0.25, 0.3) is 11.0 Å². The van der Waals surface area contributed by atoms with Crippen LogP contribution in [-0.2, 0) is 0 Å². The molecule has 0 saturated heterocycles. The Hall–Kier alpha value is -0.910. The minimum Gasteiger partial charge on any atom is -0.387 e. The molecule has 80 valence electrons. The van der Waals surface area contributed by atoms with Gasteiger partial charge in [0.05, 0.1) is 17.1 Å². The molecule has 0 amide bonds. The topological polar surface area (TPSA) is 74.9 Å². The van der Waals surface area contributed by atoms with E-state index in [1.165, 1.54) is 0 Å². The maximum Gasteiger partial charge on any atom is 0.0950 e. The van der Waals surface area contributed by atoms with Gasteiger partial charge in [0.15, 0.2) is 0 Å². The van der Waals surface area contributed by atoms with Gasteiger partial charge in [-0.15, -0.1) is 0 Å². The fourth-order valence-corrected chi connectivity index (χ4v) is 1.83. The van der Waals surface area contributed by atoms with Gasteiger partial charge in [0, 0.05) is 16.4 Å². The van der Waals surface area contributed by atoms with Gasteiger partial charge in [0.1, 0.15) is 0 Å². The summed E-state index contributed by atoms with van der Waals surface area (Å²) in [5.74, 6) is 0. The highest BCUT2D eigenvalue weighted by Crippen LogP contribution is 2.22. The number of aliphatic hydroxyl groups is 1. The summed E-state index contributed by atoms with van der Waals surface area (Å²) in [5.41, 5.74) is 7.92.